The van der Waals surface area contributed by atoms with E-state index in [1.165, 1.54) is 0 Å². The summed E-state index contributed by atoms with van der Waals surface area (Å²) in [5, 5.41) is 8.86. The molecule has 4 heteroatoms. The van der Waals surface area contributed by atoms with E-state index in [9.17, 15) is 0 Å². The third-order valence-electron chi connectivity index (χ3n) is 1.17. The first-order valence-electron chi connectivity index (χ1n) is 2.46. The molecule has 0 amide bonds. The van der Waals surface area contributed by atoms with Crippen molar-refractivity contribution in [1.29, 1.82) is 0 Å². The SMILES string of the molecule is NOC1COCC1O. The van der Waals surface area contributed by atoms with Crippen LogP contribution in [0.5, 0.6) is 0 Å². The van der Waals surface area contributed by atoms with Gasteiger partial charge in [-0.05, 0) is 0 Å². The van der Waals surface area contributed by atoms with E-state index in [0.29, 0.717) is 13.2 Å². The van der Waals surface area contributed by atoms with Crippen LogP contribution in [0.2, 0.25) is 0 Å². The van der Waals surface area contributed by atoms with Crippen LogP contribution in [-0.2, 0) is 9.57 Å². The van der Waals surface area contributed by atoms with Gasteiger partial charge in [0.2, 0.25) is 0 Å². The Morgan fingerprint density at radius 3 is 2.62 bits per heavy atom. The van der Waals surface area contributed by atoms with Crippen LogP contribution >= 0.6 is 0 Å². The molecule has 1 saturated heterocycles. The van der Waals surface area contributed by atoms with Crippen molar-refractivity contribution < 1.29 is 14.7 Å². The monoisotopic (exact) mass is 119 g/mol. The summed E-state index contributed by atoms with van der Waals surface area (Å²) in [5.41, 5.74) is 0. The Morgan fingerprint density at radius 2 is 2.38 bits per heavy atom. The van der Waals surface area contributed by atoms with Gasteiger partial charge < -0.3 is 9.84 Å². The summed E-state index contributed by atoms with van der Waals surface area (Å²) in [7, 11) is 0. The van der Waals surface area contributed by atoms with Crippen LogP contribution in [0, 0.1) is 0 Å². The standard InChI is InChI=1S/C4H9NO3/c5-8-4-2-7-1-3(4)6/h3-4,6H,1-2,5H2. The van der Waals surface area contributed by atoms with Gasteiger partial charge in [-0.25, -0.2) is 5.90 Å². The Balaban J connectivity index is 2.30. The summed E-state index contributed by atoms with van der Waals surface area (Å²) in [6.45, 7) is 0.736. The zero-order valence-corrected chi connectivity index (χ0v) is 4.41. The number of hydrogen-bond donors (Lipinski definition) is 2. The molecule has 0 saturated carbocycles. The summed E-state index contributed by atoms with van der Waals surface area (Å²) in [5.74, 6) is 4.78. The van der Waals surface area contributed by atoms with Gasteiger partial charge in [0, 0.05) is 0 Å². The van der Waals surface area contributed by atoms with E-state index in [2.05, 4.69) is 4.84 Å². The molecule has 0 spiro atoms. The number of ether oxygens (including phenoxy) is 1. The van der Waals surface area contributed by atoms with Gasteiger partial charge in [-0.15, -0.1) is 0 Å². The fourth-order valence-corrected chi connectivity index (χ4v) is 0.653. The van der Waals surface area contributed by atoms with Gasteiger partial charge in [0.1, 0.15) is 12.2 Å². The second-order valence-electron chi connectivity index (χ2n) is 1.78. The average molecular weight is 119 g/mol. The second kappa shape index (κ2) is 2.41. The van der Waals surface area contributed by atoms with Crippen LogP contribution < -0.4 is 5.90 Å². The number of aliphatic hydroxyl groups is 1. The van der Waals surface area contributed by atoms with Gasteiger partial charge >= 0.3 is 0 Å². The van der Waals surface area contributed by atoms with E-state index in [0.717, 1.165) is 0 Å². The lowest BCUT2D eigenvalue weighted by atomic mass is 10.3. The van der Waals surface area contributed by atoms with Crippen molar-refractivity contribution in [2.75, 3.05) is 13.2 Å². The first kappa shape index (κ1) is 5.97. The van der Waals surface area contributed by atoms with Crippen molar-refractivity contribution in [3.05, 3.63) is 0 Å². The molecule has 0 aliphatic carbocycles. The van der Waals surface area contributed by atoms with Gasteiger partial charge in [0.25, 0.3) is 0 Å². The predicted octanol–water partition coefficient (Wildman–Crippen LogP) is -1.36. The van der Waals surface area contributed by atoms with Crippen molar-refractivity contribution in [1.82, 2.24) is 0 Å². The third-order valence-corrected chi connectivity index (χ3v) is 1.17. The normalized spacial score (nSPS) is 38.2. The van der Waals surface area contributed by atoms with Gasteiger partial charge in [0.15, 0.2) is 0 Å². The molecule has 1 aliphatic heterocycles. The zero-order valence-electron chi connectivity index (χ0n) is 4.41. The van der Waals surface area contributed by atoms with Gasteiger partial charge in [0.05, 0.1) is 13.2 Å². The zero-order chi connectivity index (χ0) is 5.98. The highest BCUT2D eigenvalue weighted by molar-refractivity contribution is 4.72. The van der Waals surface area contributed by atoms with Gasteiger partial charge in [-0.1, -0.05) is 0 Å². The van der Waals surface area contributed by atoms with E-state index in [1.54, 1.807) is 0 Å². The highest BCUT2D eigenvalue weighted by atomic mass is 16.7. The smallest absolute Gasteiger partial charge is 0.130 e. The molecular formula is C4H9NO3. The first-order valence-corrected chi connectivity index (χ1v) is 2.46. The molecule has 4 nitrogen and oxygen atoms in total. The highest BCUT2D eigenvalue weighted by Crippen LogP contribution is 2.06. The Morgan fingerprint density at radius 1 is 1.62 bits per heavy atom. The fraction of sp³-hybridized carbons (Fsp3) is 1.00. The highest BCUT2D eigenvalue weighted by Gasteiger charge is 2.25. The number of aliphatic hydroxyl groups excluding tert-OH is 1. The van der Waals surface area contributed by atoms with Crippen LogP contribution in [-0.4, -0.2) is 30.5 Å². The second-order valence-corrected chi connectivity index (χ2v) is 1.78. The topological polar surface area (TPSA) is 64.7 Å². The molecule has 1 fully saturated rings. The molecule has 2 atom stereocenters. The van der Waals surface area contributed by atoms with Gasteiger partial charge in [-0.3, -0.25) is 4.84 Å². The lowest BCUT2D eigenvalue weighted by Crippen LogP contribution is -2.29. The molecule has 0 aromatic carbocycles. The van der Waals surface area contributed by atoms with Crippen LogP contribution in [0.15, 0.2) is 0 Å². The molecule has 1 aliphatic rings. The van der Waals surface area contributed by atoms with Crippen molar-refractivity contribution in [3.8, 4) is 0 Å². The third kappa shape index (κ3) is 0.976. The fourth-order valence-electron chi connectivity index (χ4n) is 0.653. The van der Waals surface area contributed by atoms with Crippen molar-refractivity contribution in [3.63, 3.8) is 0 Å². The van der Waals surface area contributed by atoms with E-state index in [-0.39, 0.29) is 6.10 Å². The first-order chi connectivity index (χ1) is 3.84. The van der Waals surface area contributed by atoms with Crippen molar-refractivity contribution in [2.24, 2.45) is 5.90 Å². The quantitative estimate of drug-likeness (QED) is 0.418. The molecule has 3 N–H and O–H groups in total. The minimum absolute atomic E-state index is 0.324. The molecular weight excluding hydrogens is 110 g/mol. The maximum atomic E-state index is 8.86. The van der Waals surface area contributed by atoms with E-state index < -0.39 is 6.10 Å². The van der Waals surface area contributed by atoms with Crippen molar-refractivity contribution >= 4 is 0 Å². The lowest BCUT2D eigenvalue weighted by Gasteiger charge is -2.06. The maximum absolute atomic E-state index is 8.86. The molecule has 8 heavy (non-hydrogen) atoms. The lowest BCUT2D eigenvalue weighted by molar-refractivity contribution is -0.0106. The van der Waals surface area contributed by atoms with Gasteiger partial charge in [-0.2, -0.15) is 0 Å². The molecule has 0 bridgehead atoms. The number of rotatable bonds is 1. The van der Waals surface area contributed by atoms with Crippen LogP contribution in [0.25, 0.3) is 0 Å². The molecule has 0 aromatic rings. The van der Waals surface area contributed by atoms with Crippen LogP contribution in [0.3, 0.4) is 0 Å². The summed E-state index contributed by atoms with van der Waals surface area (Å²) in [4.78, 5) is 4.35. The predicted molar refractivity (Wildman–Crippen MR) is 25.9 cm³/mol. The summed E-state index contributed by atoms with van der Waals surface area (Å²) >= 11 is 0. The molecule has 0 radical (unpaired) electrons. The summed E-state index contributed by atoms with van der Waals surface area (Å²) in [6.07, 6.45) is -0.866. The van der Waals surface area contributed by atoms with Crippen LogP contribution in [0.1, 0.15) is 0 Å². The minimum Gasteiger partial charge on any atom is -0.388 e. The van der Waals surface area contributed by atoms with E-state index >= 15 is 0 Å². The molecule has 1 rings (SSSR count). The average Bonchev–Trinajstić information content (AvgIpc) is 2.14. The Hall–Kier alpha value is -0.160. The number of nitrogens with two attached hydrogens (primary N) is 1. The minimum atomic E-state index is -0.542. The summed E-state index contributed by atoms with van der Waals surface area (Å²) in [6, 6.07) is 0. The Labute approximate surface area is 47.1 Å². The summed E-state index contributed by atoms with van der Waals surface area (Å²) < 4.78 is 4.81. The Bertz CT molecular complexity index is 77.7. The van der Waals surface area contributed by atoms with E-state index in [1.807, 2.05) is 0 Å². The van der Waals surface area contributed by atoms with E-state index in [4.69, 9.17) is 15.7 Å². The molecule has 2 unspecified atom stereocenters. The molecule has 48 valence electrons. The molecule has 1 heterocycles. The Kier molecular flexibility index (Phi) is 1.80. The maximum Gasteiger partial charge on any atom is 0.130 e. The largest absolute Gasteiger partial charge is 0.388 e. The number of hydrogen-bond acceptors (Lipinski definition) is 4. The van der Waals surface area contributed by atoms with Crippen molar-refractivity contribution in [2.45, 2.75) is 12.2 Å². The van der Waals surface area contributed by atoms with Crippen LogP contribution in [0.4, 0.5) is 0 Å². The molecule has 0 aromatic heterocycles.